The molecule has 0 fully saturated rings. The lowest BCUT2D eigenvalue weighted by atomic mass is 9.98. The number of ketones is 1. The molecule has 98 valence electrons. The Labute approximate surface area is 122 Å². The van der Waals surface area contributed by atoms with Gasteiger partial charge in [-0.2, -0.15) is 0 Å². The first-order valence-corrected chi connectivity index (χ1v) is 6.61. The van der Waals surface area contributed by atoms with Gasteiger partial charge in [-0.1, -0.05) is 59.6 Å². The fourth-order valence-electron chi connectivity index (χ4n) is 1.83. The molecule has 0 aromatic heterocycles. The van der Waals surface area contributed by atoms with E-state index in [1.165, 1.54) is 0 Å². The minimum absolute atomic E-state index is 0.110. The van der Waals surface area contributed by atoms with E-state index < -0.39 is 6.04 Å². The van der Waals surface area contributed by atoms with E-state index in [4.69, 9.17) is 28.9 Å². The Bertz CT molecular complexity index is 564. The highest BCUT2D eigenvalue weighted by Crippen LogP contribution is 2.26. The van der Waals surface area contributed by atoms with Gasteiger partial charge in [0.05, 0.1) is 6.04 Å². The van der Waals surface area contributed by atoms with E-state index in [9.17, 15) is 4.79 Å². The van der Waals surface area contributed by atoms with Crippen molar-refractivity contribution in [2.45, 2.75) is 12.5 Å². The van der Waals surface area contributed by atoms with E-state index in [1.54, 1.807) is 18.2 Å². The molecule has 0 saturated heterocycles. The van der Waals surface area contributed by atoms with Crippen LogP contribution in [0.25, 0.3) is 0 Å². The van der Waals surface area contributed by atoms with Gasteiger partial charge in [-0.3, -0.25) is 4.79 Å². The normalized spacial score (nSPS) is 12.2. The molecule has 19 heavy (non-hydrogen) atoms. The van der Waals surface area contributed by atoms with Gasteiger partial charge >= 0.3 is 0 Å². The quantitative estimate of drug-likeness (QED) is 0.932. The average molecular weight is 294 g/mol. The van der Waals surface area contributed by atoms with Gasteiger partial charge in [-0.25, -0.2) is 0 Å². The predicted octanol–water partition coefficient (Wildman–Crippen LogP) is 3.81. The molecule has 2 N–H and O–H groups in total. The molecule has 0 aliphatic heterocycles. The molecule has 4 heteroatoms. The summed E-state index contributed by atoms with van der Waals surface area (Å²) in [4.78, 5) is 12.2. The molecule has 2 nitrogen and oxygen atoms in total. The second-order valence-electron chi connectivity index (χ2n) is 4.23. The number of carbonyl (C=O) groups is 1. The third-order valence-electron chi connectivity index (χ3n) is 2.92. The zero-order chi connectivity index (χ0) is 13.8. The van der Waals surface area contributed by atoms with Crippen LogP contribution in [0.2, 0.25) is 10.0 Å². The second kappa shape index (κ2) is 6.20. The summed E-state index contributed by atoms with van der Waals surface area (Å²) in [5.41, 5.74) is 7.37. The molecule has 0 unspecified atom stereocenters. The maximum Gasteiger partial charge on any atom is 0.158 e. The minimum Gasteiger partial charge on any atom is -0.318 e. The highest BCUT2D eigenvalue weighted by atomic mass is 35.5. The zero-order valence-electron chi connectivity index (χ0n) is 10.1. The van der Waals surface area contributed by atoms with E-state index in [-0.39, 0.29) is 12.2 Å². The Balaban J connectivity index is 2.18. The number of benzene rings is 2. The molecule has 0 aliphatic rings. The Morgan fingerprint density at radius 1 is 1.00 bits per heavy atom. The number of carbonyl (C=O) groups excluding carboxylic acids is 1. The van der Waals surface area contributed by atoms with E-state index in [2.05, 4.69) is 0 Å². The van der Waals surface area contributed by atoms with Crippen molar-refractivity contribution in [3.8, 4) is 0 Å². The molecule has 2 aromatic carbocycles. The van der Waals surface area contributed by atoms with Gasteiger partial charge in [0.1, 0.15) is 0 Å². The summed E-state index contributed by atoms with van der Waals surface area (Å²) in [5, 5.41) is 0.974. The topological polar surface area (TPSA) is 43.1 Å². The van der Waals surface area contributed by atoms with Gasteiger partial charge in [0.25, 0.3) is 0 Å². The third kappa shape index (κ3) is 3.35. The summed E-state index contributed by atoms with van der Waals surface area (Å²) in [6.45, 7) is 0. The second-order valence-corrected chi connectivity index (χ2v) is 5.05. The Hall–Kier alpha value is -1.35. The van der Waals surface area contributed by atoms with Gasteiger partial charge in [0.15, 0.2) is 5.78 Å². The molecule has 0 amide bonds. The molecule has 2 rings (SSSR count). The fraction of sp³-hybridized carbons (Fsp3) is 0.133. The lowest BCUT2D eigenvalue weighted by Crippen LogP contribution is -2.23. The van der Waals surface area contributed by atoms with E-state index in [0.29, 0.717) is 15.6 Å². The summed E-state index contributed by atoms with van der Waals surface area (Å²) in [7, 11) is 0. The van der Waals surface area contributed by atoms with Crippen molar-refractivity contribution in [2.75, 3.05) is 0 Å². The monoisotopic (exact) mass is 293 g/mol. The number of Topliss-reactive ketones (excluding diaryl/α,β-unsaturated/α-hetero) is 1. The summed E-state index contributed by atoms with van der Waals surface area (Å²) < 4.78 is 0. The smallest absolute Gasteiger partial charge is 0.158 e. The van der Waals surface area contributed by atoms with Crippen LogP contribution in [-0.4, -0.2) is 5.78 Å². The first kappa shape index (κ1) is 14.1. The number of halogens is 2. The van der Waals surface area contributed by atoms with Gasteiger partial charge in [0, 0.05) is 16.5 Å². The van der Waals surface area contributed by atoms with Gasteiger partial charge in [0.2, 0.25) is 0 Å². The van der Waals surface area contributed by atoms with Crippen LogP contribution in [0.5, 0.6) is 0 Å². The van der Waals surface area contributed by atoms with E-state index in [0.717, 1.165) is 5.56 Å². The average Bonchev–Trinajstić information content (AvgIpc) is 2.43. The summed E-state index contributed by atoms with van der Waals surface area (Å²) >= 11 is 12.1. The maximum atomic E-state index is 12.2. The van der Waals surface area contributed by atoms with Crippen LogP contribution in [0, 0.1) is 0 Å². The molecule has 0 radical (unpaired) electrons. The van der Waals surface area contributed by atoms with Crippen molar-refractivity contribution >= 4 is 29.0 Å². The molecular weight excluding hydrogens is 281 g/mol. The third-order valence-corrected chi connectivity index (χ3v) is 3.63. The first-order chi connectivity index (χ1) is 9.09. The van der Waals surface area contributed by atoms with Crippen molar-refractivity contribution in [3.05, 3.63) is 69.7 Å². The highest BCUT2D eigenvalue weighted by Gasteiger charge is 2.18. The van der Waals surface area contributed by atoms with Gasteiger partial charge < -0.3 is 5.73 Å². The number of nitrogens with two attached hydrogens (primary N) is 1. The van der Waals surface area contributed by atoms with Crippen LogP contribution in [0.1, 0.15) is 17.2 Å². The number of hydrogen-bond donors (Lipinski definition) is 1. The van der Waals surface area contributed by atoms with Crippen LogP contribution >= 0.6 is 23.2 Å². The Morgan fingerprint density at radius 2 is 1.58 bits per heavy atom. The molecule has 0 heterocycles. The zero-order valence-corrected chi connectivity index (χ0v) is 11.7. The molecule has 0 bridgehead atoms. The van der Waals surface area contributed by atoms with Crippen LogP contribution in [-0.2, 0) is 11.2 Å². The molecule has 0 saturated carbocycles. The van der Waals surface area contributed by atoms with Crippen LogP contribution < -0.4 is 5.73 Å². The van der Waals surface area contributed by atoms with Gasteiger partial charge in [-0.15, -0.1) is 0 Å². The maximum absolute atomic E-state index is 12.2. The summed E-state index contributed by atoms with van der Waals surface area (Å²) in [6, 6.07) is 13.8. The highest BCUT2D eigenvalue weighted by molar-refractivity contribution is 6.36. The summed E-state index contributed by atoms with van der Waals surface area (Å²) in [6.07, 6.45) is 0.133. The lowest BCUT2D eigenvalue weighted by molar-refractivity contribution is -0.119. The number of hydrogen-bond acceptors (Lipinski definition) is 2. The predicted molar refractivity (Wildman–Crippen MR) is 78.5 cm³/mol. The molecule has 1 atom stereocenters. The van der Waals surface area contributed by atoms with Crippen molar-refractivity contribution in [1.29, 1.82) is 0 Å². The standard InChI is InChI=1S/C15H13Cl2NO/c16-12-7-4-8-13(17)11(12)9-14(19)15(18)10-5-2-1-3-6-10/h1-8,15H,9,18H2/t15-/m1/s1. The van der Waals surface area contributed by atoms with Crippen LogP contribution in [0.3, 0.4) is 0 Å². The SMILES string of the molecule is N[C@@H](C(=O)Cc1c(Cl)cccc1Cl)c1ccccc1. The number of rotatable bonds is 4. The largest absolute Gasteiger partial charge is 0.318 e. The van der Waals surface area contributed by atoms with Gasteiger partial charge in [-0.05, 0) is 23.3 Å². The van der Waals surface area contributed by atoms with Crippen molar-refractivity contribution in [1.82, 2.24) is 0 Å². The molecule has 2 aromatic rings. The first-order valence-electron chi connectivity index (χ1n) is 5.85. The van der Waals surface area contributed by atoms with E-state index in [1.807, 2.05) is 30.3 Å². The molecule has 0 spiro atoms. The van der Waals surface area contributed by atoms with Crippen molar-refractivity contribution < 1.29 is 4.79 Å². The van der Waals surface area contributed by atoms with Crippen molar-refractivity contribution in [2.24, 2.45) is 5.73 Å². The summed E-state index contributed by atoms with van der Waals surface area (Å²) in [5.74, 6) is -0.110. The molecule has 0 aliphatic carbocycles. The van der Waals surface area contributed by atoms with Crippen molar-refractivity contribution in [3.63, 3.8) is 0 Å². The fourth-order valence-corrected chi connectivity index (χ4v) is 2.36. The van der Waals surface area contributed by atoms with Crippen LogP contribution in [0.15, 0.2) is 48.5 Å². The van der Waals surface area contributed by atoms with E-state index >= 15 is 0 Å². The molecular formula is C15H13Cl2NO. The lowest BCUT2D eigenvalue weighted by Gasteiger charge is -2.12. The van der Waals surface area contributed by atoms with Crippen LogP contribution in [0.4, 0.5) is 0 Å². The minimum atomic E-state index is -0.659. The Kier molecular flexibility index (Phi) is 4.59. The Morgan fingerprint density at radius 3 is 2.16 bits per heavy atom.